The van der Waals surface area contributed by atoms with E-state index in [1.807, 2.05) is 26.8 Å². The van der Waals surface area contributed by atoms with Crippen LogP contribution in [0.5, 0.6) is 11.5 Å². The molecule has 0 radical (unpaired) electrons. The number of piperidine rings is 2. The molecule has 5 amide bonds. The van der Waals surface area contributed by atoms with Gasteiger partial charge in [0.05, 0.1) is 22.9 Å². The van der Waals surface area contributed by atoms with Crippen LogP contribution in [0.4, 0.5) is 5.69 Å². The number of aromatic hydroxyl groups is 1. The number of benzene rings is 2. The van der Waals surface area contributed by atoms with Gasteiger partial charge in [0, 0.05) is 12.8 Å². The number of nitrogens with zero attached hydrogens (tertiary/aromatic N) is 2. The molecule has 11 heteroatoms. The molecule has 0 bridgehead atoms. The number of carbonyl (C=O) groups is 5. The summed E-state index contributed by atoms with van der Waals surface area (Å²) in [5.41, 5.74) is 2.75. The highest BCUT2D eigenvalue weighted by Gasteiger charge is 2.45. The molecule has 5 rings (SSSR count). The molecule has 0 spiro atoms. The SMILES string of the molecule is Cc1cc(O)c(OC(C)C)cc1C1CCN(CCCCC(=O)Nc2cccc3c2C(=O)N(C2CCC(=O)NC2=O)C3=O)CC1. The van der Waals surface area contributed by atoms with Crippen molar-refractivity contribution in [3.8, 4) is 11.5 Å². The van der Waals surface area contributed by atoms with Crippen LogP contribution in [-0.2, 0) is 14.4 Å². The number of aryl methyl sites for hydroxylation is 1. The number of ether oxygens (including phenoxy) is 1. The third-order valence-corrected chi connectivity index (χ3v) is 8.61. The van der Waals surface area contributed by atoms with Gasteiger partial charge in [-0.3, -0.25) is 34.2 Å². The van der Waals surface area contributed by atoms with Crippen LogP contribution < -0.4 is 15.4 Å². The van der Waals surface area contributed by atoms with Gasteiger partial charge in [0.25, 0.3) is 11.8 Å². The Morgan fingerprint density at radius 3 is 2.52 bits per heavy atom. The second kappa shape index (κ2) is 13.2. The Labute approximate surface area is 256 Å². The number of amides is 5. The summed E-state index contributed by atoms with van der Waals surface area (Å²) in [6.07, 6.45) is 3.89. The van der Waals surface area contributed by atoms with E-state index in [2.05, 4.69) is 15.5 Å². The summed E-state index contributed by atoms with van der Waals surface area (Å²) in [6, 6.07) is 7.39. The van der Waals surface area contributed by atoms with Gasteiger partial charge >= 0.3 is 0 Å². The fourth-order valence-electron chi connectivity index (χ4n) is 6.40. The second-order valence-electron chi connectivity index (χ2n) is 12.1. The van der Waals surface area contributed by atoms with Gasteiger partial charge in [0.15, 0.2) is 11.5 Å². The standard InChI is InChI=1S/C33H40N4O7/c1-19(2)44-27-18-23(20(3)17-26(27)38)21-12-15-36(16-13-21)14-5-4-9-28(39)34-24-8-6-7-22-30(24)33(43)37(32(22)42)25-10-11-29(40)35-31(25)41/h6-8,17-19,21,25,38H,4-5,9-16H2,1-3H3,(H,34,39)(H,35,40,41). The molecule has 11 nitrogen and oxygen atoms in total. The molecule has 0 saturated carbocycles. The number of nitrogens with one attached hydrogen (secondary N) is 2. The number of hydrogen-bond acceptors (Lipinski definition) is 8. The smallest absolute Gasteiger partial charge is 0.264 e. The molecule has 2 aromatic carbocycles. The highest BCUT2D eigenvalue weighted by Crippen LogP contribution is 2.38. The van der Waals surface area contributed by atoms with Gasteiger partial charge in [-0.15, -0.1) is 0 Å². The molecule has 0 aliphatic carbocycles. The summed E-state index contributed by atoms with van der Waals surface area (Å²) in [6.45, 7) is 8.69. The normalized spacial score (nSPS) is 19.4. The number of anilines is 1. The Kier molecular flexibility index (Phi) is 9.33. The van der Waals surface area contributed by atoms with E-state index in [1.54, 1.807) is 18.2 Å². The van der Waals surface area contributed by atoms with Gasteiger partial charge in [-0.25, -0.2) is 0 Å². The van der Waals surface area contributed by atoms with E-state index in [0.717, 1.165) is 49.4 Å². The van der Waals surface area contributed by atoms with Crippen LogP contribution in [0, 0.1) is 6.92 Å². The first kappa shape index (κ1) is 31.2. The third-order valence-electron chi connectivity index (χ3n) is 8.61. The van der Waals surface area contributed by atoms with Crippen LogP contribution in [0.1, 0.15) is 96.6 Å². The van der Waals surface area contributed by atoms with Crippen molar-refractivity contribution in [3.63, 3.8) is 0 Å². The van der Waals surface area contributed by atoms with E-state index in [4.69, 9.17) is 4.74 Å². The molecule has 3 N–H and O–H groups in total. The Bertz CT molecular complexity index is 1480. The van der Waals surface area contributed by atoms with Crippen LogP contribution in [0.3, 0.4) is 0 Å². The maximum Gasteiger partial charge on any atom is 0.264 e. The van der Waals surface area contributed by atoms with Gasteiger partial charge in [-0.2, -0.15) is 0 Å². The lowest BCUT2D eigenvalue weighted by atomic mass is 9.86. The van der Waals surface area contributed by atoms with E-state index in [-0.39, 0.29) is 53.8 Å². The minimum Gasteiger partial charge on any atom is -0.504 e. The summed E-state index contributed by atoms with van der Waals surface area (Å²) < 4.78 is 5.79. The molecule has 1 atom stereocenters. The summed E-state index contributed by atoms with van der Waals surface area (Å²) in [5, 5.41) is 15.2. The zero-order valence-electron chi connectivity index (χ0n) is 25.5. The lowest BCUT2D eigenvalue weighted by molar-refractivity contribution is -0.136. The van der Waals surface area contributed by atoms with Crippen molar-refractivity contribution in [1.82, 2.24) is 15.1 Å². The molecule has 234 valence electrons. The molecule has 3 heterocycles. The van der Waals surface area contributed by atoms with E-state index in [0.29, 0.717) is 18.1 Å². The first-order chi connectivity index (χ1) is 21.0. The summed E-state index contributed by atoms with van der Waals surface area (Å²) in [7, 11) is 0. The molecule has 2 aromatic rings. The predicted molar refractivity (Wildman–Crippen MR) is 163 cm³/mol. The number of phenols is 1. The van der Waals surface area contributed by atoms with Gasteiger partial charge in [-0.05, 0) is 114 Å². The van der Waals surface area contributed by atoms with Crippen LogP contribution in [0.25, 0.3) is 0 Å². The van der Waals surface area contributed by atoms with Crippen molar-refractivity contribution >= 4 is 35.2 Å². The number of carbonyl (C=O) groups excluding carboxylic acids is 5. The lowest BCUT2D eigenvalue weighted by Gasteiger charge is -2.33. The first-order valence-electron chi connectivity index (χ1n) is 15.4. The quantitative estimate of drug-likeness (QED) is 0.274. The number of likely N-dealkylation sites (tertiary alicyclic amines) is 1. The monoisotopic (exact) mass is 604 g/mol. The number of hydrogen-bond donors (Lipinski definition) is 3. The van der Waals surface area contributed by atoms with Crippen molar-refractivity contribution in [2.24, 2.45) is 0 Å². The maximum absolute atomic E-state index is 13.2. The van der Waals surface area contributed by atoms with Gasteiger partial charge in [0.1, 0.15) is 6.04 Å². The van der Waals surface area contributed by atoms with Crippen LogP contribution in [0.15, 0.2) is 30.3 Å². The molecular weight excluding hydrogens is 564 g/mol. The van der Waals surface area contributed by atoms with Gasteiger partial charge in [0.2, 0.25) is 17.7 Å². The minimum atomic E-state index is -1.06. The van der Waals surface area contributed by atoms with E-state index in [9.17, 15) is 29.1 Å². The van der Waals surface area contributed by atoms with Crippen LogP contribution in [-0.4, -0.2) is 76.2 Å². The molecule has 2 saturated heterocycles. The van der Waals surface area contributed by atoms with Gasteiger partial charge in [-0.1, -0.05) is 6.07 Å². The Hall–Kier alpha value is -4.25. The third kappa shape index (κ3) is 6.62. The Balaban J connectivity index is 1.09. The minimum absolute atomic E-state index is 0.0177. The fourth-order valence-corrected chi connectivity index (χ4v) is 6.40. The molecule has 44 heavy (non-hydrogen) atoms. The summed E-state index contributed by atoms with van der Waals surface area (Å²) >= 11 is 0. The zero-order valence-corrected chi connectivity index (χ0v) is 25.5. The number of rotatable bonds is 10. The molecule has 2 fully saturated rings. The summed E-state index contributed by atoms with van der Waals surface area (Å²) in [4.78, 5) is 66.3. The largest absolute Gasteiger partial charge is 0.504 e. The molecule has 3 aliphatic rings. The maximum atomic E-state index is 13.2. The van der Waals surface area contributed by atoms with Crippen molar-refractivity contribution in [3.05, 3.63) is 52.6 Å². The number of imide groups is 2. The van der Waals surface area contributed by atoms with Crippen LogP contribution >= 0.6 is 0 Å². The average molecular weight is 605 g/mol. The van der Waals surface area contributed by atoms with Crippen molar-refractivity contribution < 1.29 is 33.8 Å². The van der Waals surface area contributed by atoms with Crippen molar-refractivity contribution in [2.45, 2.75) is 83.8 Å². The Morgan fingerprint density at radius 2 is 1.82 bits per heavy atom. The highest BCUT2D eigenvalue weighted by molar-refractivity contribution is 6.26. The molecule has 0 aromatic heterocycles. The van der Waals surface area contributed by atoms with E-state index >= 15 is 0 Å². The molecular formula is C33H40N4O7. The lowest BCUT2D eigenvalue weighted by Crippen LogP contribution is -2.54. The molecule has 1 unspecified atom stereocenters. The first-order valence-corrected chi connectivity index (χ1v) is 15.4. The van der Waals surface area contributed by atoms with Crippen molar-refractivity contribution in [1.29, 1.82) is 0 Å². The number of phenolic OH excluding ortho intramolecular Hbond substituents is 1. The predicted octanol–water partition coefficient (Wildman–Crippen LogP) is 3.88. The van der Waals surface area contributed by atoms with E-state index < -0.39 is 29.7 Å². The van der Waals surface area contributed by atoms with Crippen LogP contribution in [0.2, 0.25) is 0 Å². The second-order valence-corrected chi connectivity index (χ2v) is 12.1. The Morgan fingerprint density at radius 1 is 1.07 bits per heavy atom. The topological polar surface area (TPSA) is 145 Å². The van der Waals surface area contributed by atoms with E-state index in [1.165, 1.54) is 11.6 Å². The highest BCUT2D eigenvalue weighted by atomic mass is 16.5. The van der Waals surface area contributed by atoms with Gasteiger partial charge < -0.3 is 20.1 Å². The number of unbranched alkanes of at least 4 members (excludes halogenated alkanes) is 1. The zero-order chi connectivity index (χ0) is 31.5. The number of fused-ring (bicyclic) bond motifs is 1. The van der Waals surface area contributed by atoms with Crippen molar-refractivity contribution in [2.75, 3.05) is 25.0 Å². The molecule has 3 aliphatic heterocycles. The average Bonchev–Trinajstić information content (AvgIpc) is 3.23. The summed E-state index contributed by atoms with van der Waals surface area (Å²) in [5.74, 6) is -1.51. The fraction of sp³-hybridized carbons (Fsp3) is 0.485.